The Morgan fingerprint density at radius 2 is 1.38 bits per heavy atom. The van der Waals surface area contributed by atoms with Crippen LogP contribution in [-0.2, 0) is 14.3 Å². The highest BCUT2D eigenvalue weighted by Gasteiger charge is 2.44. The van der Waals surface area contributed by atoms with E-state index < -0.39 is 36.0 Å². The van der Waals surface area contributed by atoms with Crippen molar-refractivity contribution in [3.05, 3.63) is 70.8 Å². The van der Waals surface area contributed by atoms with Gasteiger partial charge in [0.1, 0.15) is 12.2 Å². The molecule has 3 aromatic carbocycles. The topological polar surface area (TPSA) is 108 Å². The molecule has 0 saturated heterocycles. The van der Waals surface area contributed by atoms with E-state index in [0.29, 0.717) is 67.9 Å². The molecule has 5 rings (SSSR count). The molecule has 45 heavy (non-hydrogen) atoms. The van der Waals surface area contributed by atoms with Crippen LogP contribution in [-0.4, -0.2) is 47.2 Å². The first kappa shape index (κ1) is 31.6. The molecule has 10 heteroatoms. The summed E-state index contributed by atoms with van der Waals surface area (Å²) >= 11 is 0. The van der Waals surface area contributed by atoms with E-state index >= 15 is 0 Å². The van der Waals surface area contributed by atoms with Gasteiger partial charge in [0.25, 0.3) is 0 Å². The second-order valence-electron chi connectivity index (χ2n) is 10.9. The normalized spacial score (nSPS) is 20.1. The van der Waals surface area contributed by atoms with Crippen LogP contribution in [0.5, 0.6) is 34.5 Å². The van der Waals surface area contributed by atoms with Crippen LogP contribution in [0.3, 0.4) is 0 Å². The van der Waals surface area contributed by atoms with Crippen molar-refractivity contribution in [2.24, 2.45) is 11.8 Å². The minimum Gasteiger partial charge on any atom is -0.493 e. The average Bonchev–Trinajstić information content (AvgIpc) is 3.55. The van der Waals surface area contributed by atoms with Crippen molar-refractivity contribution in [3.8, 4) is 45.6 Å². The maximum Gasteiger partial charge on any atom is 0.338 e. The van der Waals surface area contributed by atoms with Gasteiger partial charge in [0, 0.05) is 39.7 Å². The van der Waals surface area contributed by atoms with E-state index in [1.807, 2.05) is 26.0 Å². The van der Waals surface area contributed by atoms with Crippen molar-refractivity contribution in [2.75, 3.05) is 35.2 Å². The quantitative estimate of drug-likeness (QED) is 0.196. The molecule has 0 spiro atoms. The number of carbonyl (C=O) groups excluding carboxylic acids is 2. The summed E-state index contributed by atoms with van der Waals surface area (Å²) in [5.41, 5.74) is 3.05. The SMILES string of the molecule is CC=C(C)C(=O)OC1c2cc(OC)c(OC)c(OC)c2-c2c(cc3c(c2OC)OCO3)C(OC(=O)c2ccccc2)C(C)C1C. The van der Waals surface area contributed by atoms with Crippen LogP contribution in [0, 0.1) is 11.8 Å². The molecule has 0 bridgehead atoms. The van der Waals surface area contributed by atoms with Crippen LogP contribution in [0.25, 0.3) is 11.1 Å². The maximum absolute atomic E-state index is 13.6. The Morgan fingerprint density at radius 1 is 0.778 bits per heavy atom. The summed E-state index contributed by atoms with van der Waals surface area (Å²) in [5.74, 6) is 0.386. The zero-order valence-electron chi connectivity index (χ0n) is 26.7. The van der Waals surface area contributed by atoms with E-state index in [2.05, 4.69) is 0 Å². The van der Waals surface area contributed by atoms with E-state index in [1.165, 1.54) is 28.4 Å². The van der Waals surface area contributed by atoms with Gasteiger partial charge in [-0.3, -0.25) is 0 Å². The highest BCUT2D eigenvalue weighted by molar-refractivity contribution is 5.92. The van der Waals surface area contributed by atoms with Crippen LogP contribution >= 0.6 is 0 Å². The Kier molecular flexibility index (Phi) is 9.13. The summed E-state index contributed by atoms with van der Waals surface area (Å²) in [6, 6.07) is 12.4. The second kappa shape index (κ2) is 13.0. The number of carbonyl (C=O) groups is 2. The first-order valence-electron chi connectivity index (χ1n) is 14.6. The molecule has 4 atom stereocenters. The van der Waals surface area contributed by atoms with Crippen LogP contribution in [0.2, 0.25) is 0 Å². The van der Waals surface area contributed by atoms with Gasteiger partial charge >= 0.3 is 11.9 Å². The highest BCUT2D eigenvalue weighted by atomic mass is 16.7. The van der Waals surface area contributed by atoms with Gasteiger partial charge in [-0.1, -0.05) is 38.1 Å². The van der Waals surface area contributed by atoms with E-state index in [0.717, 1.165) is 0 Å². The van der Waals surface area contributed by atoms with Crippen molar-refractivity contribution in [2.45, 2.75) is 39.9 Å². The third kappa shape index (κ3) is 5.49. The number of hydrogen-bond acceptors (Lipinski definition) is 10. The fourth-order valence-electron chi connectivity index (χ4n) is 5.91. The van der Waals surface area contributed by atoms with Gasteiger partial charge in [0.2, 0.25) is 18.3 Å². The molecule has 0 N–H and O–H groups in total. The smallest absolute Gasteiger partial charge is 0.338 e. The van der Waals surface area contributed by atoms with Crippen molar-refractivity contribution in [1.29, 1.82) is 0 Å². The second-order valence-corrected chi connectivity index (χ2v) is 10.9. The zero-order valence-corrected chi connectivity index (χ0v) is 26.7. The Bertz CT molecular complexity index is 1630. The molecule has 0 amide bonds. The third-order valence-corrected chi connectivity index (χ3v) is 8.59. The summed E-state index contributed by atoms with van der Waals surface area (Å²) in [6.07, 6.45) is 0.00664. The number of benzene rings is 3. The molecule has 3 aromatic rings. The van der Waals surface area contributed by atoms with Crippen molar-refractivity contribution in [3.63, 3.8) is 0 Å². The number of methoxy groups -OCH3 is 4. The molecule has 1 heterocycles. The molecule has 0 radical (unpaired) electrons. The number of hydrogen-bond donors (Lipinski definition) is 0. The summed E-state index contributed by atoms with van der Waals surface area (Å²) in [7, 11) is 6.07. The summed E-state index contributed by atoms with van der Waals surface area (Å²) < 4.78 is 47.9. The Hall–Kier alpha value is -4.86. The molecule has 1 aliphatic heterocycles. The van der Waals surface area contributed by atoms with Crippen LogP contribution < -0.4 is 28.4 Å². The lowest BCUT2D eigenvalue weighted by Gasteiger charge is -2.39. The molecular weight excluding hydrogens is 580 g/mol. The first-order valence-corrected chi connectivity index (χ1v) is 14.6. The standard InChI is InChI=1S/C35H38O10/c1-9-18(2)34(36)44-28-19(3)20(4)29(45-35(37)21-13-11-10-12-14-21)23-16-25-31(43-17-42-25)33(41-8)27(23)26-22(28)15-24(38-5)30(39-6)32(26)40-7/h9-16,19-20,28-29H,17H2,1-8H3. The molecule has 0 saturated carbocycles. The van der Waals surface area contributed by atoms with Crippen molar-refractivity contribution >= 4 is 11.9 Å². The van der Waals surface area contributed by atoms with E-state index in [4.69, 9.17) is 37.9 Å². The lowest BCUT2D eigenvalue weighted by molar-refractivity contribution is -0.149. The number of fused-ring (bicyclic) bond motifs is 4. The van der Waals surface area contributed by atoms with Gasteiger partial charge in [-0.25, -0.2) is 9.59 Å². The minimum atomic E-state index is -0.846. The number of rotatable bonds is 8. The van der Waals surface area contributed by atoms with Gasteiger partial charge in [-0.15, -0.1) is 0 Å². The fraction of sp³-hybridized carbons (Fsp3) is 0.371. The van der Waals surface area contributed by atoms with Crippen LogP contribution in [0.1, 0.15) is 61.4 Å². The molecule has 0 aromatic heterocycles. The van der Waals surface area contributed by atoms with E-state index in [1.54, 1.807) is 50.3 Å². The largest absolute Gasteiger partial charge is 0.493 e. The lowest BCUT2D eigenvalue weighted by Crippen LogP contribution is -2.31. The molecular formula is C35H38O10. The van der Waals surface area contributed by atoms with Gasteiger partial charge < -0.3 is 37.9 Å². The van der Waals surface area contributed by atoms with Crippen LogP contribution in [0.4, 0.5) is 0 Å². The van der Waals surface area contributed by atoms with E-state index in [-0.39, 0.29) is 6.79 Å². The predicted octanol–water partition coefficient (Wildman–Crippen LogP) is 6.85. The Labute approximate surface area is 262 Å². The Morgan fingerprint density at radius 3 is 1.98 bits per heavy atom. The third-order valence-electron chi connectivity index (χ3n) is 8.59. The monoisotopic (exact) mass is 618 g/mol. The van der Waals surface area contributed by atoms with Crippen LogP contribution in [0.15, 0.2) is 54.1 Å². The molecule has 4 unspecified atom stereocenters. The summed E-state index contributed by atoms with van der Waals surface area (Å²) in [4.78, 5) is 27.0. The fourth-order valence-corrected chi connectivity index (χ4v) is 5.91. The maximum atomic E-state index is 13.6. The van der Waals surface area contributed by atoms with Gasteiger partial charge in [-0.2, -0.15) is 0 Å². The van der Waals surface area contributed by atoms with Crippen molar-refractivity contribution < 1.29 is 47.5 Å². The predicted molar refractivity (Wildman–Crippen MR) is 165 cm³/mol. The van der Waals surface area contributed by atoms with E-state index in [9.17, 15) is 9.59 Å². The zero-order chi connectivity index (χ0) is 32.4. The summed E-state index contributed by atoms with van der Waals surface area (Å²) in [6.45, 7) is 7.36. The van der Waals surface area contributed by atoms with Gasteiger partial charge in [0.05, 0.1) is 34.0 Å². The Balaban J connectivity index is 1.89. The average molecular weight is 619 g/mol. The first-order chi connectivity index (χ1) is 21.7. The molecule has 10 nitrogen and oxygen atoms in total. The minimum absolute atomic E-state index is 0.0200. The molecule has 1 aliphatic carbocycles. The molecule has 2 aliphatic rings. The lowest BCUT2D eigenvalue weighted by atomic mass is 9.74. The number of esters is 2. The van der Waals surface area contributed by atoms with Gasteiger partial charge in [-0.05, 0) is 38.1 Å². The van der Waals surface area contributed by atoms with Gasteiger partial charge in [0.15, 0.2) is 23.0 Å². The number of ether oxygens (including phenoxy) is 8. The molecule has 0 fully saturated rings. The highest BCUT2D eigenvalue weighted by Crippen LogP contribution is 2.60. The number of allylic oxidation sites excluding steroid dienone is 1. The van der Waals surface area contributed by atoms with Crippen molar-refractivity contribution in [1.82, 2.24) is 0 Å². The summed E-state index contributed by atoms with van der Waals surface area (Å²) in [5, 5.41) is 0. The molecule has 238 valence electrons.